The molecule has 4 aliphatic rings. The minimum Gasteiger partial charge on any atom is -0.311 e. The second kappa shape index (κ2) is 15.5. The van der Waals surface area contributed by atoms with Crippen molar-refractivity contribution in [2.24, 2.45) is 0 Å². The summed E-state index contributed by atoms with van der Waals surface area (Å²) in [7, 11) is 0. The molecule has 4 heterocycles. The van der Waals surface area contributed by atoms with Crippen molar-refractivity contribution in [1.29, 1.82) is 0 Å². The second-order valence-corrected chi connectivity index (χ2v) is 21.8. The highest BCUT2D eigenvalue weighted by molar-refractivity contribution is 7.02. The fourth-order valence-electron chi connectivity index (χ4n) is 14.2. The first kappa shape index (κ1) is 42.0. The Morgan fingerprint density at radius 3 is 1.05 bits per heavy atom. The Bertz CT molecular complexity index is 4040. The van der Waals surface area contributed by atoms with E-state index >= 15 is 0 Å². The van der Waals surface area contributed by atoms with Crippen molar-refractivity contribution in [3.05, 3.63) is 230 Å². The van der Waals surface area contributed by atoms with Crippen molar-refractivity contribution in [3.63, 3.8) is 0 Å². The molecule has 0 N–H and O–H groups in total. The van der Waals surface area contributed by atoms with Gasteiger partial charge in [-0.3, -0.25) is 0 Å². The van der Waals surface area contributed by atoms with E-state index in [0.29, 0.717) is 0 Å². The van der Waals surface area contributed by atoms with Crippen LogP contribution in [0.4, 0.5) is 34.1 Å². The van der Waals surface area contributed by atoms with Crippen LogP contribution in [0.3, 0.4) is 0 Å². The first-order valence-corrected chi connectivity index (χ1v) is 26.6. The summed E-state index contributed by atoms with van der Waals surface area (Å²) in [5.74, 6) is 0.546. The largest absolute Gasteiger partial charge is 0.311 e. The van der Waals surface area contributed by atoms with Gasteiger partial charge in [-0.15, -0.1) is 0 Å². The van der Waals surface area contributed by atoms with E-state index in [4.69, 9.17) is 0 Å². The highest BCUT2D eigenvalue weighted by Gasteiger charge is 2.46. The summed E-state index contributed by atoms with van der Waals surface area (Å²) in [5.41, 5.74) is 28.9. The van der Waals surface area contributed by atoms with Crippen LogP contribution >= 0.6 is 0 Å². The van der Waals surface area contributed by atoms with Gasteiger partial charge in [-0.1, -0.05) is 184 Å². The Hall–Kier alpha value is -8.59. The van der Waals surface area contributed by atoms with Gasteiger partial charge in [0.25, 0.3) is 0 Å². The lowest BCUT2D eigenvalue weighted by atomic mass is 9.31. The van der Waals surface area contributed by atoms with Crippen molar-refractivity contribution < 1.29 is 0 Å². The molecule has 12 aromatic carbocycles. The van der Waals surface area contributed by atoms with E-state index in [0.717, 1.165) is 0 Å². The molecule has 0 unspecified atom stereocenters. The molecule has 16 rings (SSSR count). The molecule has 0 amide bonds. The fourth-order valence-corrected chi connectivity index (χ4v) is 14.2. The molecule has 0 aliphatic carbocycles. The van der Waals surface area contributed by atoms with Gasteiger partial charge in [0.1, 0.15) is 0 Å². The van der Waals surface area contributed by atoms with Gasteiger partial charge in [0.15, 0.2) is 0 Å². The number of anilines is 6. The van der Waals surface area contributed by atoms with Crippen LogP contribution in [0.25, 0.3) is 76.8 Å². The van der Waals surface area contributed by atoms with Gasteiger partial charge in [0, 0.05) is 34.1 Å². The highest BCUT2D eigenvalue weighted by atomic mass is 15.2. The minimum absolute atomic E-state index is 0.0305. The molecule has 0 radical (unpaired) electrons. The van der Waals surface area contributed by atoms with Crippen molar-refractivity contribution in [1.82, 2.24) is 0 Å². The second-order valence-electron chi connectivity index (χ2n) is 21.8. The molecule has 0 aromatic heterocycles. The molecule has 2 nitrogen and oxygen atoms in total. The first-order valence-electron chi connectivity index (χ1n) is 26.6. The lowest BCUT2D eigenvalue weighted by Gasteiger charge is -2.43. The van der Waals surface area contributed by atoms with Crippen LogP contribution in [0.5, 0.6) is 0 Å². The normalized spacial score (nSPS) is 13.5. The number of para-hydroxylation sites is 4. The maximum atomic E-state index is 2.68. The van der Waals surface area contributed by atoms with E-state index in [2.05, 4.69) is 256 Å². The first-order chi connectivity index (χ1) is 36.4. The molecule has 74 heavy (non-hydrogen) atoms. The molecular formula is C70H50B2N2. The Labute approximate surface area is 433 Å². The Morgan fingerprint density at radius 1 is 0.297 bits per heavy atom. The average Bonchev–Trinajstić information content (AvgIpc) is 3.49. The lowest BCUT2D eigenvalue weighted by molar-refractivity contribution is 0.876. The van der Waals surface area contributed by atoms with Crippen LogP contribution in [0.15, 0.2) is 218 Å². The predicted molar refractivity (Wildman–Crippen MR) is 319 cm³/mol. The Kier molecular flexibility index (Phi) is 8.77. The van der Waals surface area contributed by atoms with E-state index < -0.39 is 0 Å². The van der Waals surface area contributed by atoms with Gasteiger partial charge < -0.3 is 9.80 Å². The minimum atomic E-state index is 0.0305. The average molecular weight is 941 g/mol. The number of hydrogen-bond donors (Lipinski definition) is 0. The smallest absolute Gasteiger partial charge is 0.248 e. The van der Waals surface area contributed by atoms with E-state index in [1.54, 1.807) is 0 Å². The summed E-state index contributed by atoms with van der Waals surface area (Å²) >= 11 is 0. The number of nitrogens with zero attached hydrogens (tertiary/aromatic N) is 2. The molecule has 0 saturated carbocycles. The van der Waals surface area contributed by atoms with Gasteiger partial charge in [-0.2, -0.15) is 0 Å². The van der Waals surface area contributed by atoms with E-state index in [9.17, 15) is 0 Å². The molecule has 0 spiro atoms. The molecule has 0 atom stereocenters. The van der Waals surface area contributed by atoms with Crippen molar-refractivity contribution in [3.8, 4) is 44.5 Å². The molecule has 4 heteroatoms. The zero-order chi connectivity index (χ0) is 49.1. The number of fused-ring (bicyclic) bond motifs is 8. The molecule has 0 saturated heterocycles. The summed E-state index contributed by atoms with van der Waals surface area (Å²) in [5, 5.41) is 8.48. The van der Waals surface area contributed by atoms with Crippen LogP contribution in [0.1, 0.15) is 50.7 Å². The zero-order valence-electron chi connectivity index (χ0n) is 42.0. The Morgan fingerprint density at radius 2 is 0.662 bits per heavy atom. The molecule has 346 valence electrons. The standard InChI is InChI=1S/C70H50B2N2/c1-41(2)49-37-51-55-33-45(43-21-9-5-10-22-43)35-63-69(55)72(58-30-18-20-32-62(58)73(63)47-25-13-7-14-26-47)60-40-54-50(42(3)4)38-52-56-34-46(44-23-11-6-12-24-44)36-64-70(56)71(59-39-53(49)67(65(51)60)68(54)66(52)59)57-29-17-19-31-61(57)74(64)48-27-15-8-16-28-48/h5-42H,1-4H3. The monoisotopic (exact) mass is 940 g/mol. The third-order valence-corrected chi connectivity index (χ3v) is 17.3. The van der Waals surface area contributed by atoms with Crippen LogP contribution < -0.4 is 42.6 Å². The van der Waals surface area contributed by atoms with E-state index in [-0.39, 0.29) is 25.3 Å². The Balaban J connectivity index is 1.09. The number of hydrogen-bond acceptors (Lipinski definition) is 2. The van der Waals surface area contributed by atoms with Crippen LogP contribution in [-0.2, 0) is 0 Å². The maximum Gasteiger partial charge on any atom is 0.248 e. The fraction of sp³-hybridized carbons (Fsp3) is 0.0857. The molecule has 0 fully saturated rings. The summed E-state index contributed by atoms with van der Waals surface area (Å²) < 4.78 is 0. The van der Waals surface area contributed by atoms with Crippen molar-refractivity contribution >= 4 is 113 Å². The van der Waals surface area contributed by atoms with Gasteiger partial charge in [0.2, 0.25) is 13.4 Å². The summed E-state index contributed by atoms with van der Waals surface area (Å²) in [4.78, 5) is 5.09. The van der Waals surface area contributed by atoms with Gasteiger partial charge >= 0.3 is 0 Å². The predicted octanol–water partition coefficient (Wildman–Crippen LogP) is 14.7. The number of benzene rings is 12. The van der Waals surface area contributed by atoms with Gasteiger partial charge in [-0.05, 0) is 194 Å². The topological polar surface area (TPSA) is 6.48 Å². The van der Waals surface area contributed by atoms with Gasteiger partial charge in [0.05, 0.1) is 0 Å². The molecule has 4 aliphatic heterocycles. The highest BCUT2D eigenvalue weighted by Crippen LogP contribution is 2.52. The lowest BCUT2D eigenvalue weighted by Crippen LogP contribution is -2.60. The van der Waals surface area contributed by atoms with Crippen LogP contribution in [0, 0.1) is 0 Å². The summed E-state index contributed by atoms with van der Waals surface area (Å²) in [6.45, 7) is 9.72. The van der Waals surface area contributed by atoms with Crippen molar-refractivity contribution in [2.75, 3.05) is 9.80 Å². The quantitative estimate of drug-likeness (QED) is 0.121. The van der Waals surface area contributed by atoms with Crippen LogP contribution in [0.2, 0.25) is 0 Å². The third kappa shape index (κ3) is 5.63. The number of rotatable bonds is 6. The molecular weight excluding hydrogens is 890 g/mol. The molecule has 12 aromatic rings. The molecule has 0 bridgehead atoms. The van der Waals surface area contributed by atoms with Gasteiger partial charge in [-0.25, -0.2) is 0 Å². The van der Waals surface area contributed by atoms with E-state index in [1.165, 1.54) is 155 Å². The van der Waals surface area contributed by atoms with Crippen molar-refractivity contribution in [2.45, 2.75) is 39.5 Å². The third-order valence-electron chi connectivity index (χ3n) is 17.3. The summed E-state index contributed by atoms with van der Waals surface area (Å²) in [6.07, 6.45) is 0. The zero-order valence-corrected chi connectivity index (χ0v) is 42.0. The van der Waals surface area contributed by atoms with Crippen LogP contribution in [-0.4, -0.2) is 13.4 Å². The SMILES string of the molecule is CC(C)c1cc2c3c(cc4c(C(C)C)cc5c6c(cc1c3c46)B1c3ccccc3N(c3ccccc3)c3cc(-c4ccccc4)cc-5c31)B1c3ccccc3N(c3ccccc3)c3cc(-c4ccccc4)cc-2c31. The van der Waals surface area contributed by atoms with E-state index in [1.807, 2.05) is 0 Å². The summed E-state index contributed by atoms with van der Waals surface area (Å²) in [6, 6.07) is 83.3. The maximum absolute atomic E-state index is 2.68.